The zero-order chi connectivity index (χ0) is 26.5. The van der Waals surface area contributed by atoms with Gasteiger partial charge in [-0.2, -0.15) is 0 Å². The van der Waals surface area contributed by atoms with Crippen LogP contribution >= 0.6 is 0 Å². The van der Waals surface area contributed by atoms with Crippen molar-refractivity contribution in [2.24, 2.45) is 5.92 Å². The first kappa shape index (κ1) is 30.1. The van der Waals surface area contributed by atoms with E-state index in [4.69, 9.17) is 4.98 Å². The highest BCUT2D eigenvalue weighted by molar-refractivity contribution is 5.96. The number of aromatic nitrogens is 2. The van der Waals surface area contributed by atoms with E-state index in [0.29, 0.717) is 12.2 Å². The highest BCUT2D eigenvalue weighted by Crippen LogP contribution is 2.29. The van der Waals surface area contributed by atoms with Gasteiger partial charge in [0.1, 0.15) is 5.82 Å². The Bertz CT molecular complexity index is 988. The summed E-state index contributed by atoms with van der Waals surface area (Å²) in [6.07, 6.45) is 3.04. The number of carbonyl (C=O) groups is 2. The number of imidazole rings is 1. The summed E-state index contributed by atoms with van der Waals surface area (Å²) in [5, 5.41) is 5.21. The third-order valence-electron chi connectivity index (χ3n) is 5.28. The van der Waals surface area contributed by atoms with E-state index in [1.165, 1.54) is 0 Å². The summed E-state index contributed by atoms with van der Waals surface area (Å²) in [4.78, 5) is 31.4. The molecule has 0 spiro atoms. The van der Waals surface area contributed by atoms with Gasteiger partial charge in [-0.3, -0.25) is 9.59 Å². The van der Waals surface area contributed by atoms with Gasteiger partial charge < -0.3 is 20.1 Å². The number of allylic oxidation sites excluding steroid dienone is 1. The molecule has 2 aromatic rings. The summed E-state index contributed by atoms with van der Waals surface area (Å²) >= 11 is 0. The number of carbonyl (C=O) groups excluding carboxylic acids is 2. The van der Waals surface area contributed by atoms with Gasteiger partial charge in [0.05, 0.1) is 12.2 Å². The van der Waals surface area contributed by atoms with Crippen molar-refractivity contribution in [2.75, 3.05) is 27.2 Å². The van der Waals surface area contributed by atoms with Gasteiger partial charge >= 0.3 is 0 Å². The Balaban J connectivity index is 0.000000926. The lowest BCUT2D eigenvalue weighted by molar-refractivity contribution is -0.119. The third-order valence-corrected chi connectivity index (χ3v) is 5.28. The van der Waals surface area contributed by atoms with Crippen LogP contribution in [0.4, 0.5) is 0 Å². The van der Waals surface area contributed by atoms with Crippen LogP contribution in [0.15, 0.2) is 30.3 Å². The maximum atomic E-state index is 12.9. The zero-order valence-electron chi connectivity index (χ0n) is 23.2. The van der Waals surface area contributed by atoms with E-state index < -0.39 is 0 Å². The average molecular weight is 484 g/mol. The number of nitrogens with zero attached hydrogens (tertiary/aromatic N) is 3. The molecule has 1 aliphatic rings. The molecule has 0 radical (unpaired) electrons. The van der Waals surface area contributed by atoms with Crippen LogP contribution < -0.4 is 10.6 Å². The number of nitrogens with one attached hydrogen (secondary N) is 2. The standard InChI is InChI=1S/C22H29N5O2.C4H10.C2H6/c1-5-16(17-10-7-6-9-15(17)2)21-25-20(22(29)24-13-19(28)23-3)18-14-26(4)11-8-12-27(18)21;1-4(2)3;1-2/h5-7,9-10H,8,11-14H2,1-4H3,(H,23,28)(H,24,29);4H,1-3H3;1-2H3/b16-5+;;. The molecule has 0 unspecified atom stereocenters. The summed E-state index contributed by atoms with van der Waals surface area (Å²) < 4.78 is 2.17. The van der Waals surface area contributed by atoms with Crippen LogP contribution in [-0.2, 0) is 17.9 Å². The number of benzene rings is 1. The van der Waals surface area contributed by atoms with Crippen molar-refractivity contribution in [1.29, 1.82) is 0 Å². The molecule has 1 aliphatic heterocycles. The van der Waals surface area contributed by atoms with Gasteiger partial charge in [0.2, 0.25) is 5.91 Å². The molecule has 1 aromatic heterocycles. The molecule has 7 heteroatoms. The normalized spacial score (nSPS) is 13.5. The highest BCUT2D eigenvalue weighted by atomic mass is 16.2. The summed E-state index contributed by atoms with van der Waals surface area (Å²) in [5.74, 6) is 1.08. The molecule has 1 aromatic carbocycles. The van der Waals surface area contributed by atoms with Crippen LogP contribution in [0.5, 0.6) is 0 Å². The van der Waals surface area contributed by atoms with Crippen molar-refractivity contribution in [2.45, 2.75) is 68.0 Å². The first-order valence-electron chi connectivity index (χ1n) is 12.7. The van der Waals surface area contributed by atoms with Crippen LogP contribution in [0.1, 0.15) is 81.1 Å². The Labute approximate surface area is 212 Å². The number of likely N-dealkylation sites (N-methyl/N-ethyl adjacent to an activating group) is 1. The largest absolute Gasteiger partial charge is 0.358 e. The molecule has 0 saturated carbocycles. The van der Waals surface area contributed by atoms with Crippen LogP contribution in [0, 0.1) is 12.8 Å². The number of amides is 2. The van der Waals surface area contributed by atoms with Crippen LogP contribution in [0.2, 0.25) is 0 Å². The fourth-order valence-corrected chi connectivity index (χ4v) is 3.72. The molecule has 0 atom stereocenters. The number of rotatable bonds is 5. The van der Waals surface area contributed by atoms with Gasteiger partial charge in [-0.1, -0.05) is 65.0 Å². The number of aryl methyl sites for hydroxylation is 1. The molecule has 2 amide bonds. The van der Waals surface area contributed by atoms with Gasteiger partial charge in [0.25, 0.3) is 5.91 Å². The maximum absolute atomic E-state index is 12.9. The average Bonchev–Trinajstić information content (AvgIpc) is 3.05. The Morgan fingerprint density at radius 2 is 1.77 bits per heavy atom. The van der Waals surface area contributed by atoms with Crippen molar-refractivity contribution in [3.05, 3.63) is 58.7 Å². The van der Waals surface area contributed by atoms with E-state index in [-0.39, 0.29) is 18.4 Å². The van der Waals surface area contributed by atoms with Gasteiger partial charge in [-0.15, -0.1) is 0 Å². The summed E-state index contributed by atoms with van der Waals surface area (Å²) in [6.45, 7) is 16.9. The highest BCUT2D eigenvalue weighted by Gasteiger charge is 2.27. The summed E-state index contributed by atoms with van der Waals surface area (Å²) in [5.41, 5.74) is 4.57. The molecule has 0 aliphatic carbocycles. The fourth-order valence-electron chi connectivity index (χ4n) is 3.72. The van der Waals surface area contributed by atoms with Crippen molar-refractivity contribution >= 4 is 17.4 Å². The fraction of sp³-hybridized carbons (Fsp3) is 0.536. The van der Waals surface area contributed by atoms with Crippen LogP contribution in [0.25, 0.3) is 5.57 Å². The molecule has 0 fully saturated rings. The van der Waals surface area contributed by atoms with E-state index in [1.54, 1.807) is 7.05 Å². The quantitative estimate of drug-likeness (QED) is 0.649. The molecule has 194 valence electrons. The lowest BCUT2D eigenvalue weighted by Gasteiger charge is -2.14. The minimum atomic E-state index is -0.320. The van der Waals surface area contributed by atoms with Crippen molar-refractivity contribution in [3.63, 3.8) is 0 Å². The zero-order valence-corrected chi connectivity index (χ0v) is 23.2. The number of hydrogen-bond acceptors (Lipinski definition) is 4. The van der Waals surface area contributed by atoms with E-state index in [2.05, 4.69) is 66.0 Å². The molecule has 0 bridgehead atoms. The SMILES string of the molecule is C/C=C(\c1ccccc1C)c1nc(C(=O)NCC(=O)NC)c2n1CCCN(C)C2.CC.CC(C)C. The Hall–Kier alpha value is -2.93. The lowest BCUT2D eigenvalue weighted by Crippen LogP contribution is -2.36. The number of fused-ring (bicyclic) bond motifs is 1. The second kappa shape index (κ2) is 15.1. The topological polar surface area (TPSA) is 79.3 Å². The molecule has 2 heterocycles. The molecule has 0 saturated heterocycles. The van der Waals surface area contributed by atoms with Crippen LogP contribution in [-0.4, -0.2) is 53.5 Å². The molecule has 3 rings (SSSR count). The van der Waals surface area contributed by atoms with E-state index in [9.17, 15) is 9.59 Å². The Kier molecular flexibility index (Phi) is 13.0. The Morgan fingerprint density at radius 1 is 1.14 bits per heavy atom. The lowest BCUT2D eigenvalue weighted by atomic mass is 10.00. The van der Waals surface area contributed by atoms with Gasteiger partial charge in [-0.05, 0) is 50.9 Å². The number of hydrogen-bond donors (Lipinski definition) is 2. The van der Waals surface area contributed by atoms with Crippen molar-refractivity contribution in [1.82, 2.24) is 25.1 Å². The van der Waals surface area contributed by atoms with Gasteiger partial charge in [0.15, 0.2) is 5.69 Å². The predicted molar refractivity (Wildman–Crippen MR) is 145 cm³/mol. The van der Waals surface area contributed by atoms with E-state index >= 15 is 0 Å². The summed E-state index contributed by atoms with van der Waals surface area (Å²) in [6, 6.07) is 8.20. The molecular formula is C28H45N5O2. The van der Waals surface area contributed by atoms with Crippen LogP contribution in [0.3, 0.4) is 0 Å². The minimum Gasteiger partial charge on any atom is -0.358 e. The molecule has 7 nitrogen and oxygen atoms in total. The van der Waals surface area contributed by atoms with Gasteiger partial charge in [-0.25, -0.2) is 4.98 Å². The molecule has 35 heavy (non-hydrogen) atoms. The van der Waals surface area contributed by atoms with E-state index in [0.717, 1.165) is 53.6 Å². The Morgan fingerprint density at radius 3 is 2.34 bits per heavy atom. The second-order valence-electron chi connectivity index (χ2n) is 9.08. The third kappa shape index (κ3) is 8.66. The van der Waals surface area contributed by atoms with Crippen molar-refractivity contribution in [3.8, 4) is 0 Å². The molecular weight excluding hydrogens is 438 g/mol. The van der Waals surface area contributed by atoms with Gasteiger partial charge in [0, 0.05) is 25.7 Å². The first-order valence-corrected chi connectivity index (χ1v) is 12.7. The monoisotopic (exact) mass is 483 g/mol. The first-order chi connectivity index (χ1) is 16.7. The smallest absolute Gasteiger partial charge is 0.272 e. The second-order valence-corrected chi connectivity index (χ2v) is 9.08. The van der Waals surface area contributed by atoms with E-state index in [1.807, 2.05) is 40.0 Å². The maximum Gasteiger partial charge on any atom is 0.272 e. The minimum absolute atomic E-state index is 0.0684. The summed E-state index contributed by atoms with van der Waals surface area (Å²) in [7, 11) is 3.59. The van der Waals surface area contributed by atoms with Crippen molar-refractivity contribution < 1.29 is 9.59 Å². The molecule has 2 N–H and O–H groups in total. The predicted octanol–water partition coefficient (Wildman–Crippen LogP) is 4.64.